The Morgan fingerprint density at radius 2 is 2.27 bits per heavy atom. The molecule has 1 N–H and O–H groups in total. The van der Waals surface area contributed by atoms with Gasteiger partial charge in [0.2, 0.25) is 0 Å². The minimum Gasteiger partial charge on any atom is -0.375 e. The molecule has 1 rings (SSSR count). The summed E-state index contributed by atoms with van der Waals surface area (Å²) < 4.78 is 5.75. The summed E-state index contributed by atoms with van der Waals surface area (Å²) in [5, 5.41) is 12.4. The molecule has 0 amide bonds. The van der Waals surface area contributed by atoms with Crippen LogP contribution in [0.5, 0.6) is 0 Å². The summed E-state index contributed by atoms with van der Waals surface area (Å²) in [7, 11) is 1.86. The van der Waals surface area contributed by atoms with Crippen LogP contribution in [0, 0.1) is 17.2 Å². The van der Waals surface area contributed by atoms with Crippen molar-refractivity contribution >= 4 is 0 Å². The van der Waals surface area contributed by atoms with E-state index in [9.17, 15) is 5.26 Å². The van der Waals surface area contributed by atoms with Crippen molar-refractivity contribution in [3.05, 3.63) is 0 Å². The van der Waals surface area contributed by atoms with Gasteiger partial charge in [0.25, 0.3) is 0 Å². The van der Waals surface area contributed by atoms with E-state index in [1.54, 1.807) is 0 Å². The van der Waals surface area contributed by atoms with Crippen LogP contribution in [-0.4, -0.2) is 25.3 Å². The van der Waals surface area contributed by atoms with Gasteiger partial charge in [-0.3, -0.25) is 0 Å². The highest BCUT2D eigenvalue weighted by Crippen LogP contribution is 2.39. The van der Waals surface area contributed by atoms with Crippen molar-refractivity contribution in [3.63, 3.8) is 0 Å². The molecule has 0 saturated heterocycles. The zero-order valence-corrected chi connectivity index (χ0v) is 10.0. The van der Waals surface area contributed by atoms with Gasteiger partial charge in [0, 0.05) is 0 Å². The molecule has 0 bridgehead atoms. The van der Waals surface area contributed by atoms with Gasteiger partial charge >= 0.3 is 0 Å². The van der Waals surface area contributed by atoms with Crippen LogP contribution in [0.1, 0.15) is 39.5 Å². The third kappa shape index (κ3) is 3.19. The topological polar surface area (TPSA) is 45.0 Å². The highest BCUT2D eigenvalue weighted by Gasteiger charge is 2.45. The van der Waals surface area contributed by atoms with Crippen LogP contribution in [0.15, 0.2) is 0 Å². The van der Waals surface area contributed by atoms with E-state index in [1.165, 1.54) is 0 Å². The molecule has 1 fully saturated rings. The van der Waals surface area contributed by atoms with Crippen molar-refractivity contribution in [1.29, 1.82) is 5.26 Å². The van der Waals surface area contributed by atoms with Crippen LogP contribution in [-0.2, 0) is 4.74 Å². The van der Waals surface area contributed by atoms with Crippen LogP contribution in [0.3, 0.4) is 0 Å². The van der Waals surface area contributed by atoms with E-state index < -0.39 is 5.54 Å². The molecule has 0 aromatic carbocycles. The molecule has 2 atom stereocenters. The lowest BCUT2D eigenvalue weighted by Gasteiger charge is -2.27. The number of nitrogens with zero attached hydrogens (tertiary/aromatic N) is 1. The first kappa shape index (κ1) is 12.5. The van der Waals surface area contributed by atoms with Crippen molar-refractivity contribution in [2.45, 2.75) is 51.2 Å². The summed E-state index contributed by atoms with van der Waals surface area (Å²) in [5.74, 6) is 0.487. The lowest BCUT2D eigenvalue weighted by molar-refractivity contribution is 0.0251. The highest BCUT2D eigenvalue weighted by molar-refractivity contribution is 5.14. The Morgan fingerprint density at radius 3 is 2.67 bits per heavy atom. The Labute approximate surface area is 92.8 Å². The molecular formula is C12H22N2O. The highest BCUT2D eigenvalue weighted by atomic mass is 16.5. The van der Waals surface area contributed by atoms with E-state index in [0.29, 0.717) is 12.5 Å². The molecule has 0 radical (unpaired) electrons. The van der Waals surface area contributed by atoms with E-state index in [4.69, 9.17) is 4.74 Å². The predicted molar refractivity (Wildman–Crippen MR) is 60.4 cm³/mol. The minimum atomic E-state index is -0.442. The van der Waals surface area contributed by atoms with Gasteiger partial charge in [0.05, 0.1) is 18.8 Å². The zero-order chi connectivity index (χ0) is 11.3. The number of hydrogen-bond donors (Lipinski definition) is 1. The second kappa shape index (κ2) is 5.48. The minimum absolute atomic E-state index is 0.259. The first-order valence-electron chi connectivity index (χ1n) is 5.90. The van der Waals surface area contributed by atoms with Crippen molar-refractivity contribution in [1.82, 2.24) is 5.32 Å². The Bertz CT molecular complexity index is 232. The third-order valence-electron chi connectivity index (χ3n) is 3.21. The summed E-state index contributed by atoms with van der Waals surface area (Å²) in [6.45, 7) is 4.75. The molecule has 0 heterocycles. The summed E-state index contributed by atoms with van der Waals surface area (Å²) in [6.07, 6.45) is 4.76. The van der Waals surface area contributed by atoms with Gasteiger partial charge in [0.15, 0.2) is 0 Å². The van der Waals surface area contributed by atoms with Gasteiger partial charge < -0.3 is 10.1 Å². The smallest absolute Gasteiger partial charge is 0.132 e. The fraction of sp³-hybridized carbons (Fsp3) is 0.917. The molecule has 0 aromatic heterocycles. The summed E-state index contributed by atoms with van der Waals surface area (Å²) >= 11 is 0. The molecule has 1 aliphatic carbocycles. The van der Waals surface area contributed by atoms with E-state index >= 15 is 0 Å². The van der Waals surface area contributed by atoms with E-state index in [2.05, 4.69) is 25.2 Å². The van der Waals surface area contributed by atoms with Gasteiger partial charge in [-0.2, -0.15) is 5.26 Å². The summed E-state index contributed by atoms with van der Waals surface area (Å²) in [4.78, 5) is 0. The van der Waals surface area contributed by atoms with Crippen LogP contribution in [0.4, 0.5) is 0 Å². The average molecular weight is 210 g/mol. The fourth-order valence-corrected chi connectivity index (χ4v) is 1.91. The van der Waals surface area contributed by atoms with Crippen LogP contribution < -0.4 is 5.32 Å². The number of nitriles is 1. The van der Waals surface area contributed by atoms with Crippen molar-refractivity contribution < 1.29 is 4.74 Å². The van der Waals surface area contributed by atoms with Gasteiger partial charge in [-0.15, -0.1) is 0 Å². The SMILES string of the molecule is CCCC(C)OCC(C#N)(NC)C1CC1. The number of likely N-dealkylation sites (N-methyl/N-ethyl adjacent to an activating group) is 1. The molecule has 1 saturated carbocycles. The Kier molecular flexibility index (Phi) is 4.56. The maximum atomic E-state index is 9.24. The monoisotopic (exact) mass is 210 g/mol. The van der Waals surface area contributed by atoms with E-state index in [-0.39, 0.29) is 6.10 Å². The zero-order valence-electron chi connectivity index (χ0n) is 10.0. The Morgan fingerprint density at radius 1 is 1.60 bits per heavy atom. The van der Waals surface area contributed by atoms with Crippen LogP contribution >= 0.6 is 0 Å². The largest absolute Gasteiger partial charge is 0.375 e. The van der Waals surface area contributed by atoms with Gasteiger partial charge in [0.1, 0.15) is 5.54 Å². The molecule has 0 spiro atoms. The lowest BCUT2D eigenvalue weighted by atomic mass is 9.96. The van der Waals surface area contributed by atoms with Crippen molar-refractivity contribution in [3.8, 4) is 6.07 Å². The van der Waals surface area contributed by atoms with Crippen LogP contribution in [0.2, 0.25) is 0 Å². The number of nitrogens with one attached hydrogen (secondary N) is 1. The molecule has 15 heavy (non-hydrogen) atoms. The second-order valence-corrected chi connectivity index (χ2v) is 4.52. The quantitative estimate of drug-likeness (QED) is 0.699. The van der Waals surface area contributed by atoms with Gasteiger partial charge in [-0.05, 0) is 39.2 Å². The molecule has 3 heteroatoms. The second-order valence-electron chi connectivity index (χ2n) is 4.52. The third-order valence-corrected chi connectivity index (χ3v) is 3.21. The lowest BCUT2D eigenvalue weighted by Crippen LogP contribution is -2.48. The molecule has 2 unspecified atom stereocenters. The number of rotatable bonds is 7. The molecule has 1 aliphatic rings. The van der Waals surface area contributed by atoms with Crippen molar-refractivity contribution in [2.24, 2.45) is 5.92 Å². The average Bonchev–Trinajstić information content (AvgIpc) is 3.05. The molecule has 86 valence electrons. The number of ether oxygens (including phenoxy) is 1. The molecule has 0 aromatic rings. The van der Waals surface area contributed by atoms with Crippen LogP contribution in [0.25, 0.3) is 0 Å². The van der Waals surface area contributed by atoms with Gasteiger partial charge in [-0.1, -0.05) is 13.3 Å². The standard InChI is InChI=1S/C12H22N2O/c1-4-5-10(2)15-9-12(8-13,14-3)11-6-7-11/h10-11,14H,4-7,9H2,1-3H3. The molecule has 3 nitrogen and oxygen atoms in total. The number of hydrogen-bond acceptors (Lipinski definition) is 3. The first-order valence-corrected chi connectivity index (χ1v) is 5.90. The van der Waals surface area contributed by atoms with Gasteiger partial charge in [-0.25, -0.2) is 0 Å². The first-order chi connectivity index (χ1) is 7.18. The maximum absolute atomic E-state index is 9.24. The van der Waals surface area contributed by atoms with Crippen molar-refractivity contribution in [2.75, 3.05) is 13.7 Å². The fourth-order valence-electron chi connectivity index (χ4n) is 1.91. The Balaban J connectivity index is 2.42. The molecule has 0 aliphatic heterocycles. The summed E-state index contributed by atoms with van der Waals surface area (Å²) in [5.41, 5.74) is -0.442. The summed E-state index contributed by atoms with van der Waals surface area (Å²) in [6, 6.07) is 2.39. The molecular weight excluding hydrogens is 188 g/mol. The van der Waals surface area contributed by atoms with E-state index in [0.717, 1.165) is 25.7 Å². The maximum Gasteiger partial charge on any atom is 0.132 e. The Hall–Kier alpha value is -0.590. The van der Waals surface area contributed by atoms with E-state index in [1.807, 2.05) is 7.05 Å². The predicted octanol–water partition coefficient (Wildman–Crippen LogP) is 2.08. The normalized spacial score (nSPS) is 21.7.